The monoisotopic (exact) mass is 214 g/mol. The van der Waals surface area contributed by atoms with E-state index in [1.165, 1.54) is 19.1 Å². The molecule has 1 aliphatic carbocycles. The molecule has 0 saturated carbocycles. The zero-order valence-corrected chi connectivity index (χ0v) is 9.15. The van der Waals surface area contributed by atoms with Gasteiger partial charge in [0.1, 0.15) is 0 Å². The van der Waals surface area contributed by atoms with Crippen LogP contribution in [-0.2, 0) is 4.79 Å². The molecule has 0 aromatic heterocycles. The van der Waals surface area contributed by atoms with E-state index in [2.05, 4.69) is 0 Å². The summed E-state index contributed by atoms with van der Waals surface area (Å²) in [5, 5.41) is 0. The number of unbranched alkanes of at least 4 members (excludes halogenated alkanes) is 2. The van der Waals surface area contributed by atoms with Crippen LogP contribution in [-0.4, -0.2) is 11.7 Å². The van der Waals surface area contributed by atoms with Crippen LogP contribution in [0.3, 0.4) is 0 Å². The fourth-order valence-electron chi connectivity index (χ4n) is 1.55. The highest BCUT2D eigenvalue weighted by Crippen LogP contribution is 2.52. The lowest BCUT2D eigenvalue weighted by molar-refractivity contribution is -0.112. The van der Waals surface area contributed by atoms with E-state index in [9.17, 15) is 13.6 Å². The van der Waals surface area contributed by atoms with Crippen molar-refractivity contribution in [3.8, 4) is 0 Å². The van der Waals surface area contributed by atoms with Gasteiger partial charge in [-0.2, -0.15) is 8.78 Å². The molecule has 1 rings (SSSR count). The third-order valence-corrected chi connectivity index (χ3v) is 2.49. The molecule has 0 spiro atoms. The van der Waals surface area contributed by atoms with Gasteiger partial charge in [-0.3, -0.25) is 4.79 Å². The van der Waals surface area contributed by atoms with Gasteiger partial charge in [0.2, 0.25) is 0 Å². The summed E-state index contributed by atoms with van der Waals surface area (Å²) < 4.78 is 26.2. The third kappa shape index (κ3) is 2.98. The van der Waals surface area contributed by atoms with Crippen molar-refractivity contribution < 1.29 is 13.6 Å². The normalized spacial score (nSPS) is 18.7. The Morgan fingerprint density at radius 2 is 2.07 bits per heavy atom. The van der Waals surface area contributed by atoms with Crippen LogP contribution in [0.1, 0.15) is 39.5 Å². The molecule has 0 aromatic carbocycles. The maximum atomic E-state index is 13.1. The average molecular weight is 214 g/mol. The fourth-order valence-corrected chi connectivity index (χ4v) is 1.55. The molecule has 0 bridgehead atoms. The van der Waals surface area contributed by atoms with Crippen molar-refractivity contribution in [2.24, 2.45) is 0 Å². The predicted molar refractivity (Wildman–Crippen MR) is 55.9 cm³/mol. The third-order valence-electron chi connectivity index (χ3n) is 2.49. The van der Waals surface area contributed by atoms with Gasteiger partial charge in [0.15, 0.2) is 5.78 Å². The summed E-state index contributed by atoms with van der Waals surface area (Å²) in [5.41, 5.74) is 0.266. The van der Waals surface area contributed by atoms with Crippen molar-refractivity contribution >= 4 is 5.78 Å². The average Bonchev–Trinajstić information content (AvgIpc) is 2.65. The minimum atomic E-state index is -2.74. The Bertz CT molecular complexity index is 314. The number of hydrogen-bond donors (Lipinski definition) is 0. The van der Waals surface area contributed by atoms with E-state index in [-0.39, 0.29) is 16.9 Å². The summed E-state index contributed by atoms with van der Waals surface area (Å²) in [6.07, 6.45) is 5.72. The molecule has 0 atom stereocenters. The van der Waals surface area contributed by atoms with Crippen molar-refractivity contribution in [1.29, 1.82) is 0 Å². The van der Waals surface area contributed by atoms with E-state index in [4.69, 9.17) is 0 Å². The summed E-state index contributed by atoms with van der Waals surface area (Å²) >= 11 is 0. The molecule has 3 heteroatoms. The molecule has 0 heterocycles. The maximum Gasteiger partial charge on any atom is 0.295 e. The summed E-state index contributed by atoms with van der Waals surface area (Å²) in [7, 11) is 0. The van der Waals surface area contributed by atoms with E-state index in [0.717, 1.165) is 19.3 Å². The molecule has 0 unspecified atom stereocenters. The molecule has 1 aliphatic rings. The highest BCUT2D eigenvalue weighted by Gasteiger charge is 2.53. The van der Waals surface area contributed by atoms with Crippen molar-refractivity contribution in [2.45, 2.75) is 45.5 Å². The summed E-state index contributed by atoms with van der Waals surface area (Å²) in [6.45, 7) is 3.39. The van der Waals surface area contributed by atoms with Gasteiger partial charge in [-0.15, -0.1) is 0 Å². The first kappa shape index (κ1) is 12.1. The van der Waals surface area contributed by atoms with Crippen LogP contribution in [0.5, 0.6) is 0 Å². The summed E-state index contributed by atoms with van der Waals surface area (Å²) in [6, 6.07) is 0. The highest BCUT2D eigenvalue weighted by atomic mass is 19.3. The summed E-state index contributed by atoms with van der Waals surface area (Å²) in [5.74, 6) is -2.93. The number of allylic oxidation sites excluding steroid dienone is 4. The van der Waals surface area contributed by atoms with Gasteiger partial charge in [-0.25, -0.2) is 0 Å². The molecular weight excluding hydrogens is 198 g/mol. The smallest absolute Gasteiger partial charge is 0.295 e. The van der Waals surface area contributed by atoms with Gasteiger partial charge in [0.25, 0.3) is 5.92 Å². The van der Waals surface area contributed by atoms with Crippen LogP contribution >= 0.6 is 0 Å². The van der Waals surface area contributed by atoms with E-state index in [1.54, 1.807) is 0 Å². The van der Waals surface area contributed by atoms with Gasteiger partial charge in [0.05, 0.1) is 0 Å². The van der Waals surface area contributed by atoms with Gasteiger partial charge in [-0.1, -0.05) is 19.8 Å². The van der Waals surface area contributed by atoms with Crippen LogP contribution in [0.25, 0.3) is 0 Å². The fraction of sp³-hybridized carbons (Fsp3) is 0.583. The molecule has 15 heavy (non-hydrogen) atoms. The Morgan fingerprint density at radius 3 is 2.60 bits per heavy atom. The molecule has 84 valence electrons. The number of carbonyl (C=O) groups excluding carboxylic acids is 1. The SMILES string of the molecule is CCCCCC1=C(/C=C/C(C)=O)C1(F)F. The summed E-state index contributed by atoms with van der Waals surface area (Å²) in [4.78, 5) is 10.6. The number of ketones is 1. The van der Waals surface area contributed by atoms with Crippen LogP contribution in [0.4, 0.5) is 8.78 Å². The maximum absolute atomic E-state index is 13.1. The highest BCUT2D eigenvalue weighted by molar-refractivity contribution is 5.88. The van der Waals surface area contributed by atoms with Crippen molar-refractivity contribution in [2.75, 3.05) is 0 Å². The predicted octanol–water partition coefficient (Wildman–Crippen LogP) is 3.66. The van der Waals surface area contributed by atoms with E-state index in [1.807, 2.05) is 6.92 Å². The quantitative estimate of drug-likeness (QED) is 0.487. The molecule has 0 amide bonds. The lowest BCUT2D eigenvalue weighted by atomic mass is 10.2. The van der Waals surface area contributed by atoms with Crippen molar-refractivity contribution in [1.82, 2.24) is 0 Å². The minimum absolute atomic E-state index is 0.0498. The number of halogens is 2. The molecule has 0 fully saturated rings. The first-order chi connectivity index (χ1) is 7.00. The molecule has 1 nitrogen and oxygen atoms in total. The van der Waals surface area contributed by atoms with Crippen molar-refractivity contribution in [3.63, 3.8) is 0 Å². The Kier molecular flexibility index (Phi) is 3.77. The van der Waals surface area contributed by atoms with Crippen LogP contribution in [0, 0.1) is 0 Å². The topological polar surface area (TPSA) is 17.1 Å². The second-order valence-electron chi connectivity index (χ2n) is 3.87. The van der Waals surface area contributed by atoms with Gasteiger partial charge in [-0.05, 0) is 31.9 Å². The van der Waals surface area contributed by atoms with E-state index < -0.39 is 5.92 Å². The van der Waals surface area contributed by atoms with Gasteiger partial charge in [0, 0.05) is 11.1 Å². The molecule has 0 aromatic rings. The lowest BCUT2D eigenvalue weighted by Gasteiger charge is -1.96. The first-order valence-corrected chi connectivity index (χ1v) is 5.30. The van der Waals surface area contributed by atoms with Gasteiger partial charge < -0.3 is 0 Å². The molecule has 0 N–H and O–H groups in total. The number of alkyl halides is 2. The zero-order chi connectivity index (χ0) is 11.5. The largest absolute Gasteiger partial charge is 0.295 e. The van der Waals surface area contributed by atoms with Crippen LogP contribution in [0.15, 0.2) is 23.3 Å². The van der Waals surface area contributed by atoms with Gasteiger partial charge >= 0.3 is 0 Å². The minimum Gasteiger partial charge on any atom is -0.295 e. The molecule has 0 radical (unpaired) electrons. The van der Waals surface area contributed by atoms with E-state index in [0.29, 0.717) is 6.42 Å². The zero-order valence-electron chi connectivity index (χ0n) is 9.15. The Hall–Kier alpha value is -0.990. The van der Waals surface area contributed by atoms with Crippen LogP contribution < -0.4 is 0 Å². The first-order valence-electron chi connectivity index (χ1n) is 5.30. The Balaban J connectivity index is 2.50. The lowest BCUT2D eigenvalue weighted by Crippen LogP contribution is -1.96. The number of hydrogen-bond acceptors (Lipinski definition) is 1. The molecule has 0 saturated heterocycles. The van der Waals surface area contributed by atoms with Crippen LogP contribution in [0.2, 0.25) is 0 Å². The standard InChI is InChI=1S/C12H16F2O/c1-3-4-5-6-10-11(12(10,13)14)8-7-9(2)15/h7-8H,3-6H2,1-2H3/b8-7+. The van der Waals surface area contributed by atoms with Crippen molar-refractivity contribution in [3.05, 3.63) is 23.3 Å². The second kappa shape index (κ2) is 4.69. The second-order valence-corrected chi connectivity index (χ2v) is 3.87. The van der Waals surface area contributed by atoms with E-state index >= 15 is 0 Å². The number of rotatable bonds is 6. The molecule has 0 aliphatic heterocycles. The number of carbonyl (C=O) groups is 1. The molecular formula is C12H16F2O. The Labute approximate surface area is 88.9 Å². The Morgan fingerprint density at radius 1 is 1.40 bits per heavy atom.